The van der Waals surface area contributed by atoms with Crippen LogP contribution in [0.3, 0.4) is 0 Å². The van der Waals surface area contributed by atoms with Crippen molar-refractivity contribution in [2.24, 2.45) is 5.92 Å². The van der Waals surface area contributed by atoms with E-state index in [1.54, 1.807) is 0 Å². The molecule has 0 atom stereocenters. The van der Waals surface area contributed by atoms with Crippen molar-refractivity contribution in [3.05, 3.63) is 42.0 Å². The third kappa shape index (κ3) is 5.01. The zero-order valence-electron chi connectivity index (χ0n) is 18.0. The highest BCUT2D eigenvalue weighted by molar-refractivity contribution is 5.78. The molecule has 0 spiro atoms. The Hall–Kier alpha value is -2.83. The van der Waals surface area contributed by atoms with Gasteiger partial charge in [-0.2, -0.15) is 0 Å². The predicted octanol–water partition coefficient (Wildman–Crippen LogP) is 2.75. The van der Waals surface area contributed by atoms with Gasteiger partial charge in [0.1, 0.15) is 5.75 Å². The van der Waals surface area contributed by atoms with E-state index in [1.165, 1.54) is 12.8 Å². The molecule has 2 aliphatic heterocycles. The Bertz CT molecular complexity index is 841. The zero-order valence-corrected chi connectivity index (χ0v) is 18.0. The number of carbonyl (C=O) groups is 1. The molecule has 2 aromatic rings. The molecule has 2 saturated heterocycles. The van der Waals surface area contributed by atoms with Crippen LogP contribution in [0.2, 0.25) is 0 Å². The lowest BCUT2D eigenvalue weighted by Crippen LogP contribution is -2.50. The molecule has 1 aromatic carbocycles. The minimum absolute atomic E-state index is 0.0249. The first-order chi connectivity index (χ1) is 14.6. The number of rotatable bonds is 5. The third-order valence-corrected chi connectivity index (χ3v) is 6.05. The van der Waals surface area contributed by atoms with Crippen molar-refractivity contribution in [3.8, 4) is 5.75 Å². The Kier molecular flexibility index (Phi) is 6.35. The molecule has 0 bridgehead atoms. The maximum atomic E-state index is 12.5. The van der Waals surface area contributed by atoms with Crippen LogP contribution in [-0.4, -0.2) is 66.9 Å². The molecule has 30 heavy (non-hydrogen) atoms. The molecule has 0 N–H and O–H groups in total. The molecule has 0 saturated carbocycles. The molecule has 4 rings (SSSR count). The standard InChI is InChI=1S/C23H31N5O2/c1-18-8-10-26(11-9-18)21-6-7-22(25-24-21)27-12-14-28(15-13-27)23(29)17-30-20-5-3-4-19(2)16-20/h3-7,16,18H,8-15,17H2,1-2H3. The number of ether oxygens (including phenoxy) is 1. The van der Waals surface area contributed by atoms with Crippen molar-refractivity contribution in [2.75, 3.05) is 55.7 Å². The number of hydrogen-bond donors (Lipinski definition) is 0. The Morgan fingerprint density at radius 2 is 1.60 bits per heavy atom. The maximum absolute atomic E-state index is 12.5. The quantitative estimate of drug-likeness (QED) is 0.757. The fourth-order valence-electron chi connectivity index (χ4n) is 4.02. The van der Waals surface area contributed by atoms with Crippen LogP contribution in [0.1, 0.15) is 25.3 Å². The van der Waals surface area contributed by atoms with Gasteiger partial charge < -0.3 is 19.4 Å². The highest BCUT2D eigenvalue weighted by Gasteiger charge is 2.23. The Labute approximate surface area is 178 Å². The summed E-state index contributed by atoms with van der Waals surface area (Å²) in [6.45, 7) is 9.36. The van der Waals surface area contributed by atoms with Crippen LogP contribution in [0.25, 0.3) is 0 Å². The average Bonchev–Trinajstić information content (AvgIpc) is 2.78. The van der Waals surface area contributed by atoms with Crippen LogP contribution >= 0.6 is 0 Å². The van der Waals surface area contributed by atoms with Gasteiger partial charge in [-0.3, -0.25) is 4.79 Å². The molecule has 1 aromatic heterocycles. The minimum Gasteiger partial charge on any atom is -0.484 e. The molecule has 160 valence electrons. The molecule has 1 amide bonds. The van der Waals surface area contributed by atoms with Crippen LogP contribution in [0.4, 0.5) is 11.6 Å². The molecule has 7 nitrogen and oxygen atoms in total. The van der Waals surface area contributed by atoms with Crippen molar-refractivity contribution >= 4 is 17.5 Å². The number of piperazine rings is 1. The number of piperidine rings is 1. The first-order valence-corrected chi connectivity index (χ1v) is 10.9. The van der Waals surface area contributed by atoms with E-state index < -0.39 is 0 Å². The van der Waals surface area contributed by atoms with E-state index in [1.807, 2.05) is 36.1 Å². The van der Waals surface area contributed by atoms with Crippen LogP contribution in [-0.2, 0) is 4.79 Å². The van der Waals surface area contributed by atoms with E-state index in [-0.39, 0.29) is 12.5 Å². The molecule has 7 heteroatoms. The summed E-state index contributed by atoms with van der Waals surface area (Å²) in [7, 11) is 0. The smallest absolute Gasteiger partial charge is 0.260 e. The second-order valence-corrected chi connectivity index (χ2v) is 8.39. The summed E-state index contributed by atoms with van der Waals surface area (Å²) in [6, 6.07) is 11.9. The van der Waals surface area contributed by atoms with Gasteiger partial charge in [0.15, 0.2) is 18.2 Å². The largest absolute Gasteiger partial charge is 0.484 e. The Morgan fingerprint density at radius 1 is 0.967 bits per heavy atom. The lowest BCUT2D eigenvalue weighted by Gasteiger charge is -2.35. The third-order valence-electron chi connectivity index (χ3n) is 6.05. The van der Waals surface area contributed by atoms with Gasteiger partial charge in [0.05, 0.1) is 0 Å². The second kappa shape index (κ2) is 9.32. The minimum atomic E-state index is 0.0249. The van der Waals surface area contributed by atoms with E-state index in [0.29, 0.717) is 13.1 Å². The average molecular weight is 410 g/mol. The molecule has 0 unspecified atom stereocenters. The number of amides is 1. The molecule has 2 aliphatic rings. The van der Waals surface area contributed by atoms with Gasteiger partial charge in [0.25, 0.3) is 5.91 Å². The van der Waals surface area contributed by atoms with Gasteiger partial charge in [0, 0.05) is 39.3 Å². The molecular formula is C23H31N5O2. The fraction of sp³-hybridized carbons (Fsp3) is 0.522. The van der Waals surface area contributed by atoms with Gasteiger partial charge in [0.2, 0.25) is 0 Å². The van der Waals surface area contributed by atoms with Crippen LogP contribution in [0.5, 0.6) is 5.75 Å². The summed E-state index contributed by atoms with van der Waals surface area (Å²) in [6.07, 6.45) is 2.43. The maximum Gasteiger partial charge on any atom is 0.260 e. The number of anilines is 2. The van der Waals surface area contributed by atoms with E-state index in [0.717, 1.165) is 55.0 Å². The number of aromatic nitrogens is 2. The monoisotopic (exact) mass is 409 g/mol. The van der Waals surface area contributed by atoms with E-state index in [9.17, 15) is 4.79 Å². The summed E-state index contributed by atoms with van der Waals surface area (Å²) in [5, 5.41) is 8.92. The number of carbonyl (C=O) groups excluding carboxylic acids is 1. The second-order valence-electron chi connectivity index (χ2n) is 8.39. The molecule has 3 heterocycles. The topological polar surface area (TPSA) is 61.8 Å². The highest BCUT2D eigenvalue weighted by Crippen LogP contribution is 2.22. The Balaban J connectivity index is 1.25. The van der Waals surface area contributed by atoms with E-state index >= 15 is 0 Å². The Morgan fingerprint density at radius 3 is 2.20 bits per heavy atom. The van der Waals surface area contributed by atoms with Gasteiger partial charge in [-0.05, 0) is 55.5 Å². The summed E-state index contributed by atoms with van der Waals surface area (Å²) >= 11 is 0. The van der Waals surface area contributed by atoms with Crippen LogP contribution < -0.4 is 14.5 Å². The van der Waals surface area contributed by atoms with Crippen molar-refractivity contribution in [1.82, 2.24) is 15.1 Å². The summed E-state index contributed by atoms with van der Waals surface area (Å²) in [5.74, 6) is 3.41. The number of nitrogens with zero attached hydrogens (tertiary/aromatic N) is 5. The zero-order chi connectivity index (χ0) is 20.9. The normalized spacial score (nSPS) is 17.9. The molecular weight excluding hydrogens is 378 g/mol. The molecule has 0 radical (unpaired) electrons. The van der Waals surface area contributed by atoms with Gasteiger partial charge >= 0.3 is 0 Å². The van der Waals surface area contributed by atoms with Crippen LogP contribution in [0, 0.1) is 12.8 Å². The first kappa shape index (κ1) is 20.4. The van der Waals surface area contributed by atoms with E-state index in [4.69, 9.17) is 4.74 Å². The summed E-state index contributed by atoms with van der Waals surface area (Å²) in [4.78, 5) is 18.9. The van der Waals surface area contributed by atoms with Crippen molar-refractivity contribution in [2.45, 2.75) is 26.7 Å². The van der Waals surface area contributed by atoms with Gasteiger partial charge in [-0.25, -0.2) is 0 Å². The number of aryl methyl sites for hydroxylation is 1. The fourth-order valence-corrected chi connectivity index (χ4v) is 4.02. The van der Waals surface area contributed by atoms with Gasteiger partial charge in [-0.15, -0.1) is 10.2 Å². The van der Waals surface area contributed by atoms with Gasteiger partial charge in [-0.1, -0.05) is 19.1 Å². The molecule has 2 fully saturated rings. The van der Waals surface area contributed by atoms with Crippen molar-refractivity contribution < 1.29 is 9.53 Å². The summed E-state index contributed by atoms with van der Waals surface area (Å²) in [5.41, 5.74) is 1.12. The predicted molar refractivity (Wildman–Crippen MR) is 118 cm³/mol. The first-order valence-electron chi connectivity index (χ1n) is 10.9. The van der Waals surface area contributed by atoms with Crippen LogP contribution in [0.15, 0.2) is 36.4 Å². The lowest BCUT2D eigenvalue weighted by molar-refractivity contribution is -0.133. The SMILES string of the molecule is Cc1cccc(OCC(=O)N2CCN(c3ccc(N4CCC(C)CC4)nn3)CC2)c1. The van der Waals surface area contributed by atoms with Crippen molar-refractivity contribution in [1.29, 1.82) is 0 Å². The van der Waals surface area contributed by atoms with Crippen molar-refractivity contribution in [3.63, 3.8) is 0 Å². The van der Waals surface area contributed by atoms with E-state index in [2.05, 4.69) is 39.1 Å². The number of hydrogen-bond acceptors (Lipinski definition) is 6. The number of benzene rings is 1. The lowest BCUT2D eigenvalue weighted by atomic mass is 9.99. The highest BCUT2D eigenvalue weighted by atomic mass is 16.5. The summed E-state index contributed by atoms with van der Waals surface area (Å²) < 4.78 is 5.66. The molecule has 0 aliphatic carbocycles.